The van der Waals surface area contributed by atoms with Crippen molar-refractivity contribution >= 4 is 12.0 Å². The van der Waals surface area contributed by atoms with Crippen molar-refractivity contribution in [2.45, 2.75) is 0 Å². The molecule has 0 unspecified atom stereocenters. The molecule has 1 N–H and O–H groups in total. The topological polar surface area (TPSA) is 49.8 Å². The molecule has 2 rings (SSSR count). The van der Waals surface area contributed by atoms with E-state index in [4.69, 9.17) is 9.94 Å². The second-order valence-electron chi connectivity index (χ2n) is 4.18. The number of nitrogens with zero attached hydrogens (tertiary/aromatic N) is 1. The molecule has 0 heterocycles. The molecule has 0 fully saturated rings. The van der Waals surface area contributed by atoms with Crippen molar-refractivity contribution in [3.05, 3.63) is 66.2 Å². The van der Waals surface area contributed by atoms with Crippen LogP contribution in [0, 0.1) is 0 Å². The van der Waals surface area contributed by atoms with Crippen LogP contribution in [0.5, 0.6) is 11.5 Å². The Morgan fingerprint density at radius 3 is 2.50 bits per heavy atom. The highest BCUT2D eigenvalue weighted by atomic mass is 16.5. The number of carbonyl (C=O) groups excluding carboxylic acids is 1. The molecule has 0 aliphatic heterocycles. The second kappa shape index (κ2) is 6.54. The first kappa shape index (κ1) is 13.8. The fourth-order valence-corrected chi connectivity index (χ4v) is 1.58. The van der Waals surface area contributed by atoms with Crippen LogP contribution in [0.4, 0.5) is 0 Å². The van der Waals surface area contributed by atoms with Crippen molar-refractivity contribution in [2.75, 3.05) is 7.05 Å². The van der Waals surface area contributed by atoms with Crippen LogP contribution in [0.2, 0.25) is 0 Å². The molecule has 0 atom stereocenters. The Kier molecular flexibility index (Phi) is 4.52. The SMILES string of the molecule is CN(O)C(=O)/C=C/c1cccc(Oc2ccccc2)c1. The zero-order valence-electron chi connectivity index (χ0n) is 11.1. The third kappa shape index (κ3) is 3.96. The van der Waals surface area contributed by atoms with Crippen LogP contribution in [0.3, 0.4) is 0 Å². The van der Waals surface area contributed by atoms with Gasteiger partial charge in [0.25, 0.3) is 5.91 Å². The van der Waals surface area contributed by atoms with Gasteiger partial charge >= 0.3 is 0 Å². The lowest BCUT2D eigenvalue weighted by molar-refractivity contribution is -0.153. The molecular formula is C16H15NO3. The lowest BCUT2D eigenvalue weighted by atomic mass is 10.2. The van der Waals surface area contributed by atoms with Gasteiger partial charge in [-0.15, -0.1) is 0 Å². The van der Waals surface area contributed by atoms with Gasteiger partial charge in [0.1, 0.15) is 11.5 Å². The van der Waals surface area contributed by atoms with Gasteiger partial charge in [-0.2, -0.15) is 0 Å². The molecule has 2 aromatic carbocycles. The highest BCUT2D eigenvalue weighted by molar-refractivity contribution is 5.90. The summed E-state index contributed by atoms with van der Waals surface area (Å²) in [6, 6.07) is 16.8. The number of hydrogen-bond donors (Lipinski definition) is 1. The van der Waals surface area contributed by atoms with Crippen LogP contribution in [0.25, 0.3) is 6.08 Å². The zero-order valence-corrected chi connectivity index (χ0v) is 11.1. The summed E-state index contributed by atoms with van der Waals surface area (Å²) in [7, 11) is 1.28. The van der Waals surface area contributed by atoms with Gasteiger partial charge in [-0.3, -0.25) is 10.0 Å². The Morgan fingerprint density at radius 2 is 1.80 bits per heavy atom. The molecule has 0 aliphatic carbocycles. The first-order valence-corrected chi connectivity index (χ1v) is 6.13. The highest BCUT2D eigenvalue weighted by Crippen LogP contribution is 2.22. The predicted octanol–water partition coefficient (Wildman–Crippen LogP) is 3.34. The molecule has 4 heteroatoms. The molecule has 0 saturated heterocycles. The van der Waals surface area contributed by atoms with Crippen LogP contribution in [-0.2, 0) is 4.79 Å². The van der Waals surface area contributed by atoms with Crippen molar-refractivity contribution in [1.29, 1.82) is 0 Å². The minimum atomic E-state index is -0.487. The minimum Gasteiger partial charge on any atom is -0.457 e. The molecule has 102 valence electrons. The van der Waals surface area contributed by atoms with Crippen LogP contribution >= 0.6 is 0 Å². The standard InChI is InChI=1S/C16H15NO3/c1-17(19)16(18)11-10-13-6-5-9-15(12-13)20-14-7-3-2-4-8-14/h2-12,19H,1H3/b11-10+. The summed E-state index contributed by atoms with van der Waals surface area (Å²) in [5.74, 6) is 0.947. The van der Waals surface area contributed by atoms with E-state index in [1.807, 2.05) is 54.6 Å². The first-order chi connectivity index (χ1) is 9.65. The Morgan fingerprint density at radius 1 is 1.10 bits per heavy atom. The predicted molar refractivity (Wildman–Crippen MR) is 76.5 cm³/mol. The molecule has 0 spiro atoms. The maximum atomic E-state index is 11.2. The highest BCUT2D eigenvalue weighted by Gasteiger charge is 2.00. The average Bonchev–Trinajstić information content (AvgIpc) is 2.46. The molecule has 2 aromatic rings. The van der Waals surface area contributed by atoms with Crippen molar-refractivity contribution in [1.82, 2.24) is 5.06 Å². The number of hydrogen-bond acceptors (Lipinski definition) is 3. The molecule has 0 aliphatic rings. The molecule has 0 aromatic heterocycles. The molecule has 1 amide bonds. The van der Waals surface area contributed by atoms with Crippen LogP contribution in [-0.4, -0.2) is 23.2 Å². The van der Waals surface area contributed by atoms with E-state index in [2.05, 4.69) is 0 Å². The Labute approximate surface area is 117 Å². The quantitative estimate of drug-likeness (QED) is 0.526. The number of hydroxylamine groups is 2. The smallest absolute Gasteiger partial charge is 0.269 e. The van der Waals surface area contributed by atoms with E-state index in [-0.39, 0.29) is 0 Å². The number of carbonyl (C=O) groups is 1. The minimum absolute atomic E-state index is 0.487. The van der Waals surface area contributed by atoms with Crippen molar-refractivity contribution in [3.8, 4) is 11.5 Å². The van der Waals surface area contributed by atoms with E-state index < -0.39 is 5.91 Å². The summed E-state index contributed by atoms with van der Waals surface area (Å²) in [6.07, 6.45) is 2.91. The van der Waals surface area contributed by atoms with Crippen LogP contribution < -0.4 is 4.74 Å². The number of para-hydroxylation sites is 1. The lowest BCUT2D eigenvalue weighted by Gasteiger charge is -2.06. The molecule has 20 heavy (non-hydrogen) atoms. The van der Waals surface area contributed by atoms with Gasteiger partial charge in [-0.1, -0.05) is 30.3 Å². The van der Waals surface area contributed by atoms with E-state index in [0.717, 1.165) is 11.3 Å². The van der Waals surface area contributed by atoms with Gasteiger partial charge in [0.05, 0.1) is 0 Å². The third-order valence-corrected chi connectivity index (χ3v) is 2.57. The van der Waals surface area contributed by atoms with E-state index in [1.54, 1.807) is 6.08 Å². The Balaban J connectivity index is 2.10. The number of ether oxygens (including phenoxy) is 1. The van der Waals surface area contributed by atoms with Gasteiger partial charge in [0, 0.05) is 13.1 Å². The number of benzene rings is 2. The Hall–Kier alpha value is -2.59. The van der Waals surface area contributed by atoms with Crippen molar-refractivity contribution in [2.24, 2.45) is 0 Å². The Bertz CT molecular complexity index is 606. The molecule has 4 nitrogen and oxygen atoms in total. The summed E-state index contributed by atoms with van der Waals surface area (Å²) in [4.78, 5) is 11.2. The van der Waals surface area contributed by atoms with E-state index in [1.165, 1.54) is 13.1 Å². The lowest BCUT2D eigenvalue weighted by Crippen LogP contribution is -2.19. The monoisotopic (exact) mass is 269 g/mol. The summed E-state index contributed by atoms with van der Waals surface area (Å²) in [5.41, 5.74) is 0.814. The summed E-state index contributed by atoms with van der Waals surface area (Å²) >= 11 is 0. The molecule has 0 saturated carbocycles. The zero-order chi connectivity index (χ0) is 14.4. The summed E-state index contributed by atoms with van der Waals surface area (Å²) < 4.78 is 5.69. The van der Waals surface area contributed by atoms with Gasteiger partial charge in [0.2, 0.25) is 0 Å². The molecule has 0 bridgehead atoms. The van der Waals surface area contributed by atoms with Gasteiger partial charge in [-0.25, -0.2) is 5.06 Å². The van der Waals surface area contributed by atoms with E-state index >= 15 is 0 Å². The van der Waals surface area contributed by atoms with Crippen LogP contribution in [0.15, 0.2) is 60.7 Å². The molecule has 0 radical (unpaired) electrons. The van der Waals surface area contributed by atoms with E-state index in [0.29, 0.717) is 10.8 Å². The molecular weight excluding hydrogens is 254 g/mol. The number of amides is 1. The second-order valence-corrected chi connectivity index (χ2v) is 4.18. The largest absolute Gasteiger partial charge is 0.457 e. The van der Waals surface area contributed by atoms with Crippen molar-refractivity contribution in [3.63, 3.8) is 0 Å². The van der Waals surface area contributed by atoms with Crippen LogP contribution in [0.1, 0.15) is 5.56 Å². The first-order valence-electron chi connectivity index (χ1n) is 6.13. The van der Waals surface area contributed by atoms with Gasteiger partial charge in [-0.05, 0) is 35.9 Å². The van der Waals surface area contributed by atoms with E-state index in [9.17, 15) is 4.79 Å². The fourth-order valence-electron chi connectivity index (χ4n) is 1.58. The summed E-state index contributed by atoms with van der Waals surface area (Å²) in [5, 5.41) is 9.48. The van der Waals surface area contributed by atoms with Gasteiger partial charge < -0.3 is 4.74 Å². The third-order valence-electron chi connectivity index (χ3n) is 2.57. The van der Waals surface area contributed by atoms with Gasteiger partial charge in [0.15, 0.2) is 0 Å². The maximum absolute atomic E-state index is 11.2. The fraction of sp³-hybridized carbons (Fsp3) is 0.0625. The maximum Gasteiger partial charge on any atom is 0.269 e. The summed E-state index contributed by atoms with van der Waals surface area (Å²) in [6.45, 7) is 0. The average molecular weight is 269 g/mol. The number of likely N-dealkylation sites (N-methyl/N-ethyl adjacent to an activating group) is 1. The van der Waals surface area contributed by atoms with Crippen molar-refractivity contribution < 1.29 is 14.7 Å². The normalized spacial score (nSPS) is 10.5. The number of rotatable bonds is 4.